The molecule has 0 bridgehead atoms. The predicted octanol–water partition coefficient (Wildman–Crippen LogP) is 7.82. The zero-order valence-corrected chi connectivity index (χ0v) is 29.5. The van der Waals surface area contributed by atoms with E-state index in [0.29, 0.717) is 48.4 Å². The average Bonchev–Trinajstić information content (AvgIpc) is 3.14. The lowest BCUT2D eigenvalue weighted by atomic mass is 9.92. The highest BCUT2D eigenvalue weighted by atomic mass is 35.5. The van der Waals surface area contributed by atoms with Gasteiger partial charge in [0, 0.05) is 49.2 Å². The second kappa shape index (κ2) is 18.2. The van der Waals surface area contributed by atoms with Gasteiger partial charge in [0.2, 0.25) is 0 Å². The molecular formula is C41H43ClN4O4. The van der Waals surface area contributed by atoms with Crippen LogP contribution in [-0.2, 0) is 32.9 Å². The number of hydrogen-bond donors (Lipinski definition) is 3. The van der Waals surface area contributed by atoms with Crippen molar-refractivity contribution in [1.29, 1.82) is 5.26 Å². The van der Waals surface area contributed by atoms with Crippen molar-refractivity contribution in [3.63, 3.8) is 0 Å². The Labute approximate surface area is 299 Å². The number of pyridine rings is 1. The number of aliphatic hydroxyl groups excluding tert-OH is 1. The topological polar surface area (TPSA) is 109 Å². The Morgan fingerprint density at radius 1 is 0.740 bits per heavy atom. The van der Waals surface area contributed by atoms with Crippen LogP contribution in [0.5, 0.6) is 17.2 Å². The van der Waals surface area contributed by atoms with Crippen LogP contribution in [0.15, 0.2) is 91.3 Å². The van der Waals surface area contributed by atoms with Crippen LogP contribution in [0.2, 0.25) is 5.02 Å². The number of rotatable bonds is 17. The first-order chi connectivity index (χ1) is 24.4. The number of aliphatic hydroxyl groups is 1. The number of ether oxygens (including phenoxy) is 3. The summed E-state index contributed by atoms with van der Waals surface area (Å²) < 4.78 is 18.7. The molecule has 0 aliphatic rings. The molecule has 50 heavy (non-hydrogen) atoms. The summed E-state index contributed by atoms with van der Waals surface area (Å²) in [6.07, 6.45) is 3.18. The fraction of sp³-hybridized carbons (Fsp3) is 0.268. The van der Waals surface area contributed by atoms with Crippen LogP contribution in [0.3, 0.4) is 0 Å². The fourth-order valence-corrected chi connectivity index (χ4v) is 5.84. The van der Waals surface area contributed by atoms with Gasteiger partial charge in [0.25, 0.3) is 0 Å². The van der Waals surface area contributed by atoms with Crippen LogP contribution in [0.1, 0.15) is 51.4 Å². The van der Waals surface area contributed by atoms with Gasteiger partial charge < -0.3 is 30.0 Å². The molecule has 0 atom stereocenters. The minimum atomic E-state index is 0.0135. The van der Waals surface area contributed by atoms with Gasteiger partial charge in [-0.15, -0.1) is 0 Å². The van der Waals surface area contributed by atoms with Crippen LogP contribution >= 0.6 is 11.6 Å². The van der Waals surface area contributed by atoms with Gasteiger partial charge in [-0.2, -0.15) is 5.26 Å². The molecule has 8 nitrogen and oxygen atoms in total. The number of hydrogen-bond acceptors (Lipinski definition) is 8. The maximum Gasteiger partial charge on any atom is 0.142 e. The molecule has 5 aromatic rings. The minimum absolute atomic E-state index is 0.0135. The van der Waals surface area contributed by atoms with Crippen LogP contribution in [0, 0.1) is 25.2 Å². The largest absolute Gasteiger partial charge is 0.489 e. The van der Waals surface area contributed by atoms with Crippen molar-refractivity contribution in [3.05, 3.63) is 141 Å². The Bertz CT molecular complexity index is 1920. The minimum Gasteiger partial charge on any atom is -0.489 e. The first kappa shape index (κ1) is 36.4. The van der Waals surface area contributed by atoms with Gasteiger partial charge in [0.1, 0.15) is 43.1 Å². The Morgan fingerprint density at radius 2 is 1.42 bits per heavy atom. The Kier molecular flexibility index (Phi) is 13.2. The van der Waals surface area contributed by atoms with Crippen molar-refractivity contribution in [2.45, 2.75) is 53.7 Å². The van der Waals surface area contributed by atoms with Crippen LogP contribution in [-0.4, -0.2) is 29.8 Å². The van der Waals surface area contributed by atoms with Crippen molar-refractivity contribution >= 4 is 11.6 Å². The summed E-state index contributed by atoms with van der Waals surface area (Å²) >= 11 is 6.73. The highest BCUT2D eigenvalue weighted by Crippen LogP contribution is 2.35. The summed E-state index contributed by atoms with van der Waals surface area (Å²) in [7, 11) is 0. The molecule has 0 aliphatic heterocycles. The van der Waals surface area contributed by atoms with Gasteiger partial charge in [-0.25, -0.2) is 0 Å². The second-order valence-corrected chi connectivity index (χ2v) is 12.4. The first-order valence-electron chi connectivity index (χ1n) is 16.7. The van der Waals surface area contributed by atoms with Crippen molar-refractivity contribution in [1.82, 2.24) is 15.6 Å². The normalized spacial score (nSPS) is 10.9. The summed E-state index contributed by atoms with van der Waals surface area (Å²) in [5.74, 6) is 1.92. The molecular weight excluding hydrogens is 648 g/mol. The third-order valence-corrected chi connectivity index (χ3v) is 8.79. The van der Waals surface area contributed by atoms with Gasteiger partial charge in [-0.3, -0.25) is 4.98 Å². The third-order valence-electron chi connectivity index (χ3n) is 8.50. The Hall–Kier alpha value is -4.91. The van der Waals surface area contributed by atoms with E-state index in [4.69, 9.17) is 25.8 Å². The molecule has 1 heterocycles. The lowest BCUT2D eigenvalue weighted by Crippen LogP contribution is -2.18. The van der Waals surface area contributed by atoms with E-state index in [-0.39, 0.29) is 13.2 Å². The number of aromatic nitrogens is 1. The lowest BCUT2D eigenvalue weighted by molar-refractivity contribution is 0.282. The van der Waals surface area contributed by atoms with Crippen LogP contribution in [0.25, 0.3) is 11.1 Å². The van der Waals surface area contributed by atoms with Gasteiger partial charge in [0.15, 0.2) is 0 Å². The predicted molar refractivity (Wildman–Crippen MR) is 197 cm³/mol. The maximum absolute atomic E-state index is 9.25. The zero-order chi connectivity index (χ0) is 35.3. The molecule has 0 saturated carbocycles. The summed E-state index contributed by atoms with van der Waals surface area (Å²) in [6.45, 7) is 10.0. The fourth-order valence-electron chi connectivity index (χ4n) is 5.60. The van der Waals surface area contributed by atoms with E-state index in [1.807, 2.05) is 24.3 Å². The molecule has 0 spiro atoms. The smallest absolute Gasteiger partial charge is 0.142 e. The van der Waals surface area contributed by atoms with Crippen molar-refractivity contribution in [3.8, 4) is 34.4 Å². The molecule has 0 unspecified atom stereocenters. The molecule has 5 rings (SSSR count). The maximum atomic E-state index is 9.25. The summed E-state index contributed by atoms with van der Waals surface area (Å²) in [5.41, 5.74) is 10.0. The zero-order valence-electron chi connectivity index (χ0n) is 28.8. The summed E-state index contributed by atoms with van der Waals surface area (Å²) in [4.78, 5) is 4.13. The molecule has 0 fully saturated rings. The first-order valence-corrected chi connectivity index (χ1v) is 17.1. The molecule has 4 aromatic carbocycles. The molecule has 0 amide bonds. The second-order valence-electron chi connectivity index (χ2n) is 12.0. The molecule has 0 saturated heterocycles. The number of halogens is 1. The van der Waals surface area contributed by atoms with E-state index >= 15 is 0 Å². The quantitative estimate of drug-likeness (QED) is 0.0848. The number of nitrogens with one attached hydrogen (secondary N) is 2. The number of benzene rings is 4. The van der Waals surface area contributed by atoms with E-state index in [0.717, 1.165) is 57.8 Å². The van der Waals surface area contributed by atoms with Gasteiger partial charge in [0.05, 0.1) is 17.2 Å². The SMILES string of the molecule is CCNCc1ccc(OCc2cccc(-c3cccc(COc4cc(OCc5cncc(C#N)c5)c(CNCCO)cc4Cl)c3C)c2C)cc1. The summed E-state index contributed by atoms with van der Waals surface area (Å²) in [6, 6.07) is 28.3. The van der Waals surface area contributed by atoms with Crippen molar-refractivity contribution < 1.29 is 19.3 Å². The van der Waals surface area contributed by atoms with E-state index in [1.165, 1.54) is 17.3 Å². The van der Waals surface area contributed by atoms with Gasteiger partial charge in [-0.05, 0) is 83.6 Å². The Balaban J connectivity index is 1.31. The molecule has 9 heteroatoms. The summed E-state index contributed by atoms with van der Waals surface area (Å²) in [5, 5.41) is 25.5. The van der Waals surface area contributed by atoms with E-state index in [1.54, 1.807) is 18.3 Å². The van der Waals surface area contributed by atoms with Crippen molar-refractivity contribution in [2.24, 2.45) is 0 Å². The standard InChI is InChI=1S/C41H43ClN4O4/c1-4-44-21-30-11-13-36(14-12-30)48-26-33-7-5-9-37(28(33)2)38-10-6-8-34(29(38)3)27-50-41-19-40(35(18-39(41)42)24-45-15-16-47)49-25-32-17-31(20-43)22-46-23-32/h5-14,17-19,22-23,44-45,47H,4,15-16,21,24-27H2,1-3H3. The Morgan fingerprint density at radius 3 is 2.08 bits per heavy atom. The number of nitrogens with zero attached hydrogens (tertiary/aromatic N) is 2. The van der Waals surface area contributed by atoms with Gasteiger partial charge in [-0.1, -0.05) is 67.1 Å². The highest BCUT2D eigenvalue weighted by molar-refractivity contribution is 6.32. The molecule has 3 N–H and O–H groups in total. The van der Waals surface area contributed by atoms with Gasteiger partial charge >= 0.3 is 0 Å². The van der Waals surface area contributed by atoms with E-state index in [9.17, 15) is 10.4 Å². The monoisotopic (exact) mass is 690 g/mol. The highest BCUT2D eigenvalue weighted by Gasteiger charge is 2.15. The lowest BCUT2D eigenvalue weighted by Gasteiger charge is -2.18. The molecule has 258 valence electrons. The molecule has 1 aromatic heterocycles. The van der Waals surface area contributed by atoms with Crippen molar-refractivity contribution in [2.75, 3.05) is 19.7 Å². The third kappa shape index (κ3) is 9.62. The molecule has 0 radical (unpaired) electrons. The average molecular weight is 691 g/mol. The van der Waals surface area contributed by atoms with E-state index in [2.05, 4.69) is 84.9 Å². The van der Waals surface area contributed by atoms with Crippen LogP contribution in [0.4, 0.5) is 0 Å². The number of nitriles is 1. The molecule has 0 aliphatic carbocycles. The van der Waals surface area contributed by atoms with E-state index < -0.39 is 0 Å². The van der Waals surface area contributed by atoms with Crippen LogP contribution < -0.4 is 24.8 Å².